The van der Waals surface area contributed by atoms with E-state index in [1.54, 1.807) is 0 Å². The van der Waals surface area contributed by atoms with E-state index in [4.69, 9.17) is 0 Å². The largest absolute Gasteiger partial charge is 0.311 e. The van der Waals surface area contributed by atoms with Gasteiger partial charge in [0, 0.05) is 12.1 Å². The molecule has 1 rings (SSSR count). The van der Waals surface area contributed by atoms with Crippen molar-refractivity contribution < 1.29 is 0 Å². The van der Waals surface area contributed by atoms with Gasteiger partial charge in [-0.05, 0) is 31.7 Å². The fraction of sp³-hybridized carbons (Fsp3) is 0.571. The first-order valence-electron chi connectivity index (χ1n) is 6.06. The summed E-state index contributed by atoms with van der Waals surface area (Å²) in [6.45, 7) is 6.74. The predicted octanol–water partition coefficient (Wildman–Crippen LogP) is 3.40. The van der Waals surface area contributed by atoms with E-state index in [-0.39, 0.29) is 0 Å². The smallest absolute Gasteiger partial charge is 0.0107 e. The SMILES string of the molecule is CC[C@@H](Cc1ccccc1)N[C@@H](C)CC. The van der Waals surface area contributed by atoms with Gasteiger partial charge in [0.1, 0.15) is 0 Å². The highest BCUT2D eigenvalue weighted by atomic mass is 14.9. The number of hydrogen-bond acceptors (Lipinski definition) is 1. The van der Waals surface area contributed by atoms with Gasteiger partial charge in [0.25, 0.3) is 0 Å². The van der Waals surface area contributed by atoms with Crippen molar-refractivity contribution in [3.05, 3.63) is 35.9 Å². The average molecular weight is 205 g/mol. The molecular weight excluding hydrogens is 182 g/mol. The van der Waals surface area contributed by atoms with Crippen molar-refractivity contribution in [2.45, 2.75) is 52.1 Å². The van der Waals surface area contributed by atoms with Gasteiger partial charge in [-0.2, -0.15) is 0 Å². The molecule has 0 bridgehead atoms. The third-order valence-corrected chi connectivity index (χ3v) is 2.95. The molecule has 0 aliphatic heterocycles. The molecule has 1 aromatic rings. The summed E-state index contributed by atoms with van der Waals surface area (Å²) in [6, 6.07) is 12.0. The lowest BCUT2D eigenvalue weighted by Crippen LogP contribution is -2.37. The van der Waals surface area contributed by atoms with Crippen LogP contribution in [0.4, 0.5) is 0 Å². The summed E-state index contributed by atoms with van der Waals surface area (Å²) in [5, 5.41) is 3.66. The van der Waals surface area contributed by atoms with E-state index < -0.39 is 0 Å². The van der Waals surface area contributed by atoms with Gasteiger partial charge in [-0.1, -0.05) is 44.2 Å². The molecule has 0 saturated heterocycles. The molecule has 1 nitrogen and oxygen atoms in total. The van der Waals surface area contributed by atoms with Crippen LogP contribution in [0, 0.1) is 0 Å². The minimum atomic E-state index is 0.613. The normalized spacial score (nSPS) is 14.9. The van der Waals surface area contributed by atoms with Gasteiger partial charge in [0.2, 0.25) is 0 Å². The number of hydrogen-bond donors (Lipinski definition) is 1. The number of benzene rings is 1. The van der Waals surface area contributed by atoms with Crippen molar-refractivity contribution in [2.24, 2.45) is 0 Å². The maximum absolute atomic E-state index is 3.66. The first-order chi connectivity index (χ1) is 7.26. The Morgan fingerprint density at radius 2 is 1.73 bits per heavy atom. The molecule has 2 atom stereocenters. The Hall–Kier alpha value is -0.820. The highest BCUT2D eigenvalue weighted by molar-refractivity contribution is 5.15. The highest BCUT2D eigenvalue weighted by Crippen LogP contribution is 2.06. The van der Waals surface area contributed by atoms with Crippen LogP contribution in [-0.2, 0) is 6.42 Å². The third kappa shape index (κ3) is 4.48. The predicted molar refractivity (Wildman–Crippen MR) is 67.1 cm³/mol. The molecule has 0 radical (unpaired) electrons. The quantitative estimate of drug-likeness (QED) is 0.750. The first kappa shape index (κ1) is 12.3. The lowest BCUT2D eigenvalue weighted by Gasteiger charge is -2.21. The Morgan fingerprint density at radius 3 is 2.27 bits per heavy atom. The molecule has 1 aromatic carbocycles. The second-order valence-electron chi connectivity index (χ2n) is 4.27. The van der Waals surface area contributed by atoms with E-state index in [0.29, 0.717) is 12.1 Å². The number of nitrogens with one attached hydrogen (secondary N) is 1. The maximum Gasteiger partial charge on any atom is 0.0107 e. The molecule has 0 heterocycles. The molecule has 0 amide bonds. The molecule has 84 valence electrons. The Bertz CT molecular complexity index is 255. The molecule has 0 unspecified atom stereocenters. The molecule has 15 heavy (non-hydrogen) atoms. The summed E-state index contributed by atoms with van der Waals surface area (Å²) in [7, 11) is 0. The lowest BCUT2D eigenvalue weighted by molar-refractivity contribution is 0.424. The molecule has 0 spiro atoms. The van der Waals surface area contributed by atoms with Crippen LogP contribution in [0.25, 0.3) is 0 Å². The van der Waals surface area contributed by atoms with Crippen LogP contribution in [0.2, 0.25) is 0 Å². The minimum absolute atomic E-state index is 0.613. The van der Waals surface area contributed by atoms with E-state index in [0.717, 1.165) is 6.42 Å². The van der Waals surface area contributed by atoms with Crippen molar-refractivity contribution >= 4 is 0 Å². The number of rotatable bonds is 6. The molecule has 1 heteroatoms. The Kier molecular flexibility index (Phi) is 5.41. The van der Waals surface area contributed by atoms with Gasteiger partial charge < -0.3 is 5.32 Å². The lowest BCUT2D eigenvalue weighted by atomic mass is 10.0. The second kappa shape index (κ2) is 6.62. The third-order valence-electron chi connectivity index (χ3n) is 2.95. The summed E-state index contributed by atoms with van der Waals surface area (Å²) in [4.78, 5) is 0. The van der Waals surface area contributed by atoms with Crippen LogP contribution >= 0.6 is 0 Å². The van der Waals surface area contributed by atoms with Crippen molar-refractivity contribution in [3.63, 3.8) is 0 Å². The van der Waals surface area contributed by atoms with Crippen molar-refractivity contribution in [2.75, 3.05) is 0 Å². The van der Waals surface area contributed by atoms with Gasteiger partial charge in [-0.25, -0.2) is 0 Å². The van der Waals surface area contributed by atoms with E-state index in [9.17, 15) is 0 Å². The van der Waals surface area contributed by atoms with E-state index in [2.05, 4.69) is 56.4 Å². The van der Waals surface area contributed by atoms with Gasteiger partial charge in [-0.15, -0.1) is 0 Å². The van der Waals surface area contributed by atoms with Crippen LogP contribution < -0.4 is 5.32 Å². The zero-order chi connectivity index (χ0) is 11.1. The highest BCUT2D eigenvalue weighted by Gasteiger charge is 2.09. The monoisotopic (exact) mass is 205 g/mol. The second-order valence-corrected chi connectivity index (χ2v) is 4.27. The summed E-state index contributed by atoms with van der Waals surface area (Å²) in [5.41, 5.74) is 1.43. The van der Waals surface area contributed by atoms with E-state index >= 15 is 0 Å². The van der Waals surface area contributed by atoms with Crippen LogP contribution in [-0.4, -0.2) is 12.1 Å². The first-order valence-corrected chi connectivity index (χ1v) is 6.06. The van der Waals surface area contributed by atoms with Crippen LogP contribution in [0.15, 0.2) is 30.3 Å². The van der Waals surface area contributed by atoms with Crippen molar-refractivity contribution in [1.29, 1.82) is 0 Å². The summed E-state index contributed by atoms with van der Waals surface area (Å²) in [6.07, 6.45) is 3.53. The van der Waals surface area contributed by atoms with Gasteiger partial charge in [-0.3, -0.25) is 0 Å². The Balaban J connectivity index is 2.47. The topological polar surface area (TPSA) is 12.0 Å². The molecule has 0 aliphatic rings. The Morgan fingerprint density at radius 1 is 1.07 bits per heavy atom. The molecule has 0 fully saturated rings. The van der Waals surface area contributed by atoms with Crippen LogP contribution in [0.3, 0.4) is 0 Å². The van der Waals surface area contributed by atoms with E-state index in [1.807, 2.05) is 0 Å². The zero-order valence-electron chi connectivity index (χ0n) is 10.2. The van der Waals surface area contributed by atoms with Crippen LogP contribution in [0.1, 0.15) is 39.2 Å². The molecule has 0 aromatic heterocycles. The average Bonchev–Trinajstić information content (AvgIpc) is 2.29. The Labute approximate surface area is 93.9 Å². The van der Waals surface area contributed by atoms with Gasteiger partial charge >= 0.3 is 0 Å². The zero-order valence-corrected chi connectivity index (χ0v) is 10.2. The summed E-state index contributed by atoms with van der Waals surface area (Å²) >= 11 is 0. The summed E-state index contributed by atoms with van der Waals surface area (Å²) < 4.78 is 0. The summed E-state index contributed by atoms with van der Waals surface area (Å²) in [5.74, 6) is 0. The van der Waals surface area contributed by atoms with Gasteiger partial charge in [0.05, 0.1) is 0 Å². The van der Waals surface area contributed by atoms with Crippen LogP contribution in [0.5, 0.6) is 0 Å². The standard InChI is InChI=1S/C14H23N/c1-4-12(3)15-14(5-2)11-13-9-7-6-8-10-13/h6-10,12,14-15H,4-5,11H2,1-3H3/t12-,14-/m0/s1. The molecular formula is C14H23N. The minimum Gasteiger partial charge on any atom is -0.311 e. The van der Waals surface area contributed by atoms with E-state index in [1.165, 1.54) is 18.4 Å². The molecule has 0 aliphatic carbocycles. The van der Waals surface area contributed by atoms with Crippen molar-refractivity contribution in [3.8, 4) is 0 Å². The maximum atomic E-state index is 3.66. The molecule has 1 N–H and O–H groups in total. The fourth-order valence-electron chi connectivity index (χ4n) is 1.74. The fourth-order valence-corrected chi connectivity index (χ4v) is 1.74. The van der Waals surface area contributed by atoms with Gasteiger partial charge in [0.15, 0.2) is 0 Å². The molecule has 0 saturated carbocycles. The van der Waals surface area contributed by atoms with Crippen molar-refractivity contribution in [1.82, 2.24) is 5.32 Å².